The summed E-state index contributed by atoms with van der Waals surface area (Å²) in [7, 11) is 0. The van der Waals surface area contributed by atoms with Gasteiger partial charge in [0, 0.05) is 18.2 Å². The van der Waals surface area contributed by atoms with Crippen molar-refractivity contribution in [1.82, 2.24) is 4.98 Å². The number of nitro groups is 1. The van der Waals surface area contributed by atoms with Crippen molar-refractivity contribution in [1.29, 1.82) is 0 Å². The van der Waals surface area contributed by atoms with Crippen LogP contribution in [0.2, 0.25) is 0 Å². The Labute approximate surface area is 139 Å². The van der Waals surface area contributed by atoms with E-state index in [0.717, 1.165) is 0 Å². The predicted octanol–water partition coefficient (Wildman–Crippen LogP) is 4.00. The van der Waals surface area contributed by atoms with E-state index < -0.39 is 10.8 Å². The number of nitrogens with one attached hydrogen (secondary N) is 1. The summed E-state index contributed by atoms with van der Waals surface area (Å²) < 4.78 is 13.8. The molecule has 0 bridgehead atoms. The molecule has 0 saturated carbocycles. The van der Waals surface area contributed by atoms with Crippen LogP contribution < -0.4 is 5.32 Å². The summed E-state index contributed by atoms with van der Waals surface area (Å²) in [6.07, 6.45) is 2.83. The molecule has 0 saturated heterocycles. The third-order valence-electron chi connectivity index (χ3n) is 3.11. The molecule has 2 aromatic carbocycles. The van der Waals surface area contributed by atoms with Gasteiger partial charge >= 0.3 is 0 Å². The highest BCUT2D eigenvalue weighted by atomic mass is 32.1. The van der Waals surface area contributed by atoms with E-state index in [1.165, 1.54) is 47.8 Å². The van der Waals surface area contributed by atoms with Gasteiger partial charge in [0.2, 0.25) is 5.91 Å². The maximum atomic E-state index is 13.1. The van der Waals surface area contributed by atoms with Crippen molar-refractivity contribution in [3.8, 4) is 0 Å². The molecule has 24 heavy (non-hydrogen) atoms. The van der Waals surface area contributed by atoms with Crippen LogP contribution in [-0.2, 0) is 4.79 Å². The predicted molar refractivity (Wildman–Crippen MR) is 90.3 cm³/mol. The number of aromatic nitrogens is 1. The first kappa shape index (κ1) is 15.8. The standard InChI is InChI=1S/C16H10FN3O3S/c17-11-4-7-13-14(9-11)24-16(18-13)19-15(21)8-3-10-1-5-12(6-2-10)20(22)23/h1-9H,(H,18,19,21). The fraction of sp³-hybridized carbons (Fsp3) is 0. The molecule has 1 aromatic heterocycles. The molecule has 8 heteroatoms. The molecule has 6 nitrogen and oxygen atoms in total. The lowest BCUT2D eigenvalue weighted by molar-refractivity contribution is -0.384. The average molecular weight is 343 g/mol. The van der Waals surface area contributed by atoms with Gasteiger partial charge in [-0.15, -0.1) is 0 Å². The second kappa shape index (κ2) is 6.55. The van der Waals surface area contributed by atoms with Crippen LogP contribution >= 0.6 is 11.3 Å². The van der Waals surface area contributed by atoms with Crippen molar-refractivity contribution in [2.75, 3.05) is 5.32 Å². The van der Waals surface area contributed by atoms with E-state index in [9.17, 15) is 19.3 Å². The molecule has 0 spiro atoms. The van der Waals surface area contributed by atoms with Crippen LogP contribution in [0, 0.1) is 15.9 Å². The summed E-state index contributed by atoms with van der Waals surface area (Å²) in [5.74, 6) is -0.755. The van der Waals surface area contributed by atoms with Gasteiger partial charge in [0.05, 0.1) is 15.1 Å². The number of hydrogen-bond donors (Lipinski definition) is 1. The number of fused-ring (bicyclic) bond motifs is 1. The van der Waals surface area contributed by atoms with Crippen molar-refractivity contribution < 1.29 is 14.1 Å². The third kappa shape index (κ3) is 3.61. The first-order chi connectivity index (χ1) is 11.5. The Morgan fingerprint density at radius 1 is 1.25 bits per heavy atom. The maximum absolute atomic E-state index is 13.1. The largest absolute Gasteiger partial charge is 0.298 e. The van der Waals surface area contributed by atoms with Gasteiger partial charge in [-0.1, -0.05) is 11.3 Å². The molecule has 0 fully saturated rings. The van der Waals surface area contributed by atoms with E-state index in [4.69, 9.17) is 0 Å². The van der Waals surface area contributed by atoms with Crippen LogP contribution in [0.5, 0.6) is 0 Å². The van der Waals surface area contributed by atoms with Crippen molar-refractivity contribution in [2.24, 2.45) is 0 Å². The molecule has 1 N–H and O–H groups in total. The minimum Gasteiger partial charge on any atom is -0.298 e. The van der Waals surface area contributed by atoms with Gasteiger partial charge in [0.15, 0.2) is 5.13 Å². The Bertz CT molecular complexity index is 951. The molecule has 0 atom stereocenters. The molecule has 0 aliphatic heterocycles. The summed E-state index contributed by atoms with van der Waals surface area (Å²) in [5.41, 5.74) is 1.25. The highest BCUT2D eigenvalue weighted by Gasteiger charge is 2.07. The first-order valence-electron chi connectivity index (χ1n) is 6.81. The zero-order valence-electron chi connectivity index (χ0n) is 12.1. The molecule has 0 unspecified atom stereocenters. The van der Waals surface area contributed by atoms with Crippen LogP contribution in [0.4, 0.5) is 15.2 Å². The van der Waals surface area contributed by atoms with Gasteiger partial charge in [-0.3, -0.25) is 20.2 Å². The zero-order chi connectivity index (χ0) is 17.1. The van der Waals surface area contributed by atoms with Crippen molar-refractivity contribution in [2.45, 2.75) is 0 Å². The number of amides is 1. The molecule has 0 aliphatic carbocycles. The summed E-state index contributed by atoms with van der Waals surface area (Å²) in [5, 5.41) is 13.5. The fourth-order valence-corrected chi connectivity index (χ4v) is 2.87. The number of carbonyl (C=O) groups is 1. The Hall–Kier alpha value is -3.13. The van der Waals surface area contributed by atoms with Gasteiger partial charge in [0.1, 0.15) is 5.82 Å². The molecule has 120 valence electrons. The van der Waals surface area contributed by atoms with Crippen LogP contribution in [-0.4, -0.2) is 15.8 Å². The molecular formula is C16H10FN3O3S. The monoisotopic (exact) mass is 343 g/mol. The zero-order valence-corrected chi connectivity index (χ0v) is 12.9. The van der Waals surface area contributed by atoms with Crippen LogP contribution in [0.25, 0.3) is 16.3 Å². The summed E-state index contributed by atoms with van der Waals surface area (Å²) in [4.78, 5) is 26.2. The minimum absolute atomic E-state index is 0.0155. The lowest BCUT2D eigenvalue weighted by atomic mass is 10.2. The Morgan fingerprint density at radius 2 is 2.00 bits per heavy atom. The van der Waals surface area contributed by atoms with Gasteiger partial charge in [-0.2, -0.15) is 0 Å². The minimum atomic E-state index is -0.490. The second-order valence-electron chi connectivity index (χ2n) is 4.80. The molecular weight excluding hydrogens is 333 g/mol. The van der Waals surface area contributed by atoms with E-state index in [-0.39, 0.29) is 11.5 Å². The summed E-state index contributed by atoms with van der Waals surface area (Å²) >= 11 is 1.17. The molecule has 3 rings (SSSR count). The number of benzene rings is 2. The summed E-state index contributed by atoms with van der Waals surface area (Å²) in [6, 6.07) is 10.0. The topological polar surface area (TPSA) is 85.1 Å². The molecule has 1 heterocycles. The molecule has 0 radical (unpaired) electrons. The van der Waals surface area contributed by atoms with Crippen molar-refractivity contribution in [3.05, 3.63) is 70.0 Å². The summed E-state index contributed by atoms with van der Waals surface area (Å²) in [6.45, 7) is 0. The van der Waals surface area contributed by atoms with Gasteiger partial charge in [0.25, 0.3) is 5.69 Å². The van der Waals surface area contributed by atoms with Crippen molar-refractivity contribution in [3.63, 3.8) is 0 Å². The highest BCUT2D eigenvalue weighted by Crippen LogP contribution is 2.26. The van der Waals surface area contributed by atoms with E-state index >= 15 is 0 Å². The van der Waals surface area contributed by atoms with Gasteiger partial charge in [-0.05, 0) is 42.0 Å². The second-order valence-corrected chi connectivity index (χ2v) is 5.83. The third-order valence-corrected chi connectivity index (χ3v) is 4.05. The van der Waals surface area contributed by atoms with Crippen LogP contribution in [0.1, 0.15) is 5.56 Å². The van der Waals surface area contributed by atoms with Crippen molar-refractivity contribution >= 4 is 44.4 Å². The molecule has 1 amide bonds. The number of non-ortho nitro benzene ring substituents is 1. The Kier molecular flexibility index (Phi) is 4.30. The molecule has 3 aromatic rings. The van der Waals surface area contributed by atoms with E-state index in [1.807, 2.05) is 0 Å². The number of nitro benzene ring substituents is 1. The van der Waals surface area contributed by atoms with Crippen LogP contribution in [0.15, 0.2) is 48.5 Å². The molecule has 0 aliphatic rings. The maximum Gasteiger partial charge on any atom is 0.269 e. The van der Waals surface area contributed by atoms with E-state index in [0.29, 0.717) is 20.9 Å². The Morgan fingerprint density at radius 3 is 2.71 bits per heavy atom. The number of nitrogens with zero attached hydrogens (tertiary/aromatic N) is 2. The van der Waals surface area contributed by atoms with E-state index in [2.05, 4.69) is 10.3 Å². The highest BCUT2D eigenvalue weighted by molar-refractivity contribution is 7.22. The quantitative estimate of drug-likeness (QED) is 0.441. The average Bonchev–Trinajstić information content (AvgIpc) is 2.94. The lowest BCUT2D eigenvalue weighted by Gasteiger charge is -1.96. The number of rotatable bonds is 4. The fourth-order valence-electron chi connectivity index (χ4n) is 1.98. The number of carbonyl (C=O) groups excluding carboxylic acids is 1. The number of hydrogen-bond acceptors (Lipinski definition) is 5. The van der Waals surface area contributed by atoms with Gasteiger partial charge < -0.3 is 0 Å². The van der Waals surface area contributed by atoms with Gasteiger partial charge in [-0.25, -0.2) is 9.37 Å². The number of thiazole rings is 1. The lowest BCUT2D eigenvalue weighted by Crippen LogP contribution is -2.07. The smallest absolute Gasteiger partial charge is 0.269 e. The number of anilines is 1. The Balaban J connectivity index is 1.68. The SMILES string of the molecule is O=C(C=Cc1ccc([N+](=O)[O-])cc1)Nc1nc2ccc(F)cc2s1. The number of halogens is 1. The van der Waals surface area contributed by atoms with Crippen LogP contribution in [0.3, 0.4) is 0 Å². The van der Waals surface area contributed by atoms with E-state index in [1.54, 1.807) is 18.2 Å². The first-order valence-corrected chi connectivity index (χ1v) is 7.62. The normalized spacial score (nSPS) is 11.0.